The molecular weight excluding hydrogens is 387 g/mol. The molecule has 0 unspecified atom stereocenters. The molecule has 1 aromatic carbocycles. The molecule has 0 bridgehead atoms. The van der Waals surface area contributed by atoms with E-state index < -0.39 is 22.4 Å². The summed E-state index contributed by atoms with van der Waals surface area (Å²) in [5.41, 5.74) is -1.43. The zero-order valence-corrected chi connectivity index (χ0v) is 16.3. The van der Waals surface area contributed by atoms with Crippen molar-refractivity contribution in [3.63, 3.8) is 0 Å². The van der Waals surface area contributed by atoms with E-state index in [9.17, 15) is 28.1 Å². The van der Waals surface area contributed by atoms with Crippen molar-refractivity contribution < 1.29 is 22.9 Å². The summed E-state index contributed by atoms with van der Waals surface area (Å²) in [4.78, 5) is 26.4. The molecule has 0 N–H and O–H groups in total. The Kier molecular flexibility index (Phi) is 6.64. The summed E-state index contributed by atoms with van der Waals surface area (Å²) in [6.07, 6.45) is 2.94. The average molecular weight is 413 g/mol. The summed E-state index contributed by atoms with van der Waals surface area (Å²) in [5.74, 6) is 0.723. The standard InChI is InChI=1S/C20H26F3N3O3/c21-20(22,23)16-7-8-17(18(14-16)26(28)29)24-10-12-25(13-11-24)19(27)9-6-15-4-2-1-3-5-15/h7-8,14-15H,1-6,9-13H2. The summed E-state index contributed by atoms with van der Waals surface area (Å²) in [7, 11) is 0. The SMILES string of the molecule is O=C(CCC1CCCCC1)N1CCN(c2ccc(C(F)(F)F)cc2[N+](=O)[O-])CC1. The maximum absolute atomic E-state index is 12.9. The van der Waals surface area contributed by atoms with Gasteiger partial charge in [-0.1, -0.05) is 32.1 Å². The van der Waals surface area contributed by atoms with Crippen molar-refractivity contribution in [3.05, 3.63) is 33.9 Å². The number of carbonyl (C=O) groups is 1. The molecule has 2 aliphatic rings. The third kappa shape index (κ3) is 5.39. The van der Waals surface area contributed by atoms with Crippen molar-refractivity contribution in [3.8, 4) is 0 Å². The lowest BCUT2D eigenvalue weighted by atomic mass is 9.86. The minimum absolute atomic E-state index is 0.0946. The van der Waals surface area contributed by atoms with Crippen LogP contribution in [0.3, 0.4) is 0 Å². The molecule has 3 rings (SSSR count). The van der Waals surface area contributed by atoms with Crippen LogP contribution in [0.5, 0.6) is 0 Å². The number of piperazine rings is 1. The van der Waals surface area contributed by atoms with Crippen molar-refractivity contribution in [1.82, 2.24) is 4.90 Å². The van der Waals surface area contributed by atoms with E-state index in [2.05, 4.69) is 0 Å². The molecule has 1 aromatic rings. The number of hydrogen-bond acceptors (Lipinski definition) is 4. The van der Waals surface area contributed by atoms with Gasteiger partial charge < -0.3 is 9.80 Å². The lowest BCUT2D eigenvalue weighted by molar-refractivity contribution is -0.384. The number of halogens is 3. The van der Waals surface area contributed by atoms with E-state index in [1.54, 1.807) is 9.80 Å². The Bertz CT molecular complexity index is 740. The second kappa shape index (κ2) is 9.00. The highest BCUT2D eigenvalue weighted by Gasteiger charge is 2.34. The van der Waals surface area contributed by atoms with E-state index in [-0.39, 0.29) is 11.6 Å². The molecule has 1 saturated carbocycles. The molecular formula is C20H26F3N3O3. The Morgan fingerprint density at radius 2 is 1.76 bits per heavy atom. The van der Waals surface area contributed by atoms with Crippen LogP contribution in [0.1, 0.15) is 50.5 Å². The van der Waals surface area contributed by atoms with Crippen LogP contribution in [-0.2, 0) is 11.0 Å². The van der Waals surface area contributed by atoms with Gasteiger partial charge in [0.05, 0.1) is 10.5 Å². The number of amides is 1. The van der Waals surface area contributed by atoms with E-state index in [4.69, 9.17) is 0 Å². The monoisotopic (exact) mass is 413 g/mol. The number of benzene rings is 1. The molecule has 0 spiro atoms. The predicted molar refractivity (Wildman–Crippen MR) is 103 cm³/mol. The van der Waals surface area contributed by atoms with Crippen molar-refractivity contribution in [2.45, 2.75) is 51.1 Å². The molecule has 29 heavy (non-hydrogen) atoms. The van der Waals surface area contributed by atoms with Gasteiger partial charge in [0.15, 0.2) is 0 Å². The van der Waals surface area contributed by atoms with Gasteiger partial charge >= 0.3 is 6.18 Å². The van der Waals surface area contributed by atoms with Gasteiger partial charge in [-0.25, -0.2) is 0 Å². The van der Waals surface area contributed by atoms with E-state index in [1.165, 1.54) is 32.1 Å². The third-order valence-corrected chi connectivity index (χ3v) is 5.96. The minimum atomic E-state index is -4.63. The summed E-state index contributed by atoms with van der Waals surface area (Å²) >= 11 is 0. The molecule has 1 aliphatic heterocycles. The predicted octanol–water partition coefficient (Wildman–Crippen LogP) is 4.62. The molecule has 1 heterocycles. The smallest absolute Gasteiger partial charge is 0.362 e. The number of nitro benzene ring substituents is 1. The lowest BCUT2D eigenvalue weighted by Crippen LogP contribution is -2.49. The summed E-state index contributed by atoms with van der Waals surface area (Å²) in [6.45, 7) is 1.56. The van der Waals surface area contributed by atoms with Gasteiger partial charge in [-0.2, -0.15) is 13.2 Å². The summed E-state index contributed by atoms with van der Waals surface area (Å²) in [6, 6.07) is 2.60. The summed E-state index contributed by atoms with van der Waals surface area (Å²) < 4.78 is 38.6. The molecule has 0 aromatic heterocycles. The number of anilines is 1. The van der Waals surface area contributed by atoms with Crippen LogP contribution in [0.4, 0.5) is 24.5 Å². The largest absolute Gasteiger partial charge is 0.416 e. The zero-order chi connectivity index (χ0) is 21.0. The Hall–Kier alpha value is -2.32. The van der Waals surface area contributed by atoms with Crippen molar-refractivity contribution in [1.29, 1.82) is 0 Å². The average Bonchev–Trinajstić information content (AvgIpc) is 2.71. The first-order valence-corrected chi connectivity index (χ1v) is 10.1. The van der Waals surface area contributed by atoms with Gasteiger partial charge in [0.1, 0.15) is 5.69 Å². The van der Waals surface area contributed by atoms with Crippen LogP contribution in [0.15, 0.2) is 18.2 Å². The van der Waals surface area contributed by atoms with Crippen LogP contribution >= 0.6 is 0 Å². The first kappa shape index (κ1) is 21.4. The Balaban J connectivity index is 1.58. The first-order chi connectivity index (χ1) is 13.8. The highest BCUT2D eigenvalue weighted by Crippen LogP contribution is 2.37. The van der Waals surface area contributed by atoms with E-state index in [1.807, 2.05) is 0 Å². The fourth-order valence-corrected chi connectivity index (χ4v) is 4.27. The molecule has 2 fully saturated rings. The number of alkyl halides is 3. The van der Waals surface area contributed by atoms with Gasteiger partial charge in [0.2, 0.25) is 5.91 Å². The van der Waals surface area contributed by atoms with Gasteiger partial charge in [-0.05, 0) is 24.5 Å². The highest BCUT2D eigenvalue weighted by atomic mass is 19.4. The number of hydrogen-bond donors (Lipinski definition) is 0. The van der Waals surface area contributed by atoms with Gasteiger partial charge in [0.25, 0.3) is 5.69 Å². The molecule has 1 saturated heterocycles. The molecule has 9 heteroatoms. The van der Waals surface area contributed by atoms with Gasteiger partial charge in [-0.15, -0.1) is 0 Å². The molecule has 160 valence electrons. The van der Waals surface area contributed by atoms with Crippen LogP contribution in [-0.4, -0.2) is 41.9 Å². The van der Waals surface area contributed by atoms with Crippen LogP contribution in [0.2, 0.25) is 0 Å². The van der Waals surface area contributed by atoms with E-state index in [0.717, 1.165) is 18.6 Å². The quantitative estimate of drug-likeness (QED) is 0.522. The molecule has 6 nitrogen and oxygen atoms in total. The number of nitrogens with zero attached hydrogens (tertiary/aromatic N) is 3. The fourth-order valence-electron chi connectivity index (χ4n) is 4.27. The van der Waals surface area contributed by atoms with E-state index in [0.29, 0.717) is 44.6 Å². The Labute approximate surface area is 167 Å². The molecule has 1 amide bonds. The van der Waals surface area contributed by atoms with E-state index >= 15 is 0 Å². The fraction of sp³-hybridized carbons (Fsp3) is 0.650. The van der Waals surface area contributed by atoms with Crippen molar-refractivity contribution >= 4 is 17.3 Å². The number of nitro groups is 1. The summed E-state index contributed by atoms with van der Waals surface area (Å²) in [5, 5.41) is 11.3. The van der Waals surface area contributed by atoms with Crippen LogP contribution in [0, 0.1) is 16.0 Å². The number of carbonyl (C=O) groups excluding carboxylic acids is 1. The maximum Gasteiger partial charge on any atom is 0.416 e. The number of rotatable bonds is 5. The highest BCUT2D eigenvalue weighted by molar-refractivity contribution is 5.76. The van der Waals surface area contributed by atoms with Crippen molar-refractivity contribution in [2.24, 2.45) is 5.92 Å². The van der Waals surface area contributed by atoms with Crippen LogP contribution < -0.4 is 4.90 Å². The topological polar surface area (TPSA) is 66.7 Å². The molecule has 0 radical (unpaired) electrons. The molecule has 0 atom stereocenters. The normalized spacial score (nSPS) is 18.7. The Morgan fingerprint density at radius 1 is 1.10 bits per heavy atom. The molecule has 1 aliphatic carbocycles. The second-order valence-corrected chi connectivity index (χ2v) is 7.87. The minimum Gasteiger partial charge on any atom is -0.362 e. The van der Waals surface area contributed by atoms with Crippen molar-refractivity contribution in [2.75, 3.05) is 31.1 Å². The van der Waals surface area contributed by atoms with Gasteiger partial charge in [-0.3, -0.25) is 14.9 Å². The second-order valence-electron chi connectivity index (χ2n) is 7.87. The lowest BCUT2D eigenvalue weighted by Gasteiger charge is -2.36. The van der Waals surface area contributed by atoms with Crippen LogP contribution in [0.25, 0.3) is 0 Å². The zero-order valence-electron chi connectivity index (χ0n) is 16.3. The third-order valence-electron chi connectivity index (χ3n) is 5.96. The van der Waals surface area contributed by atoms with Gasteiger partial charge in [0, 0.05) is 38.7 Å². The first-order valence-electron chi connectivity index (χ1n) is 10.1. The Morgan fingerprint density at radius 3 is 2.34 bits per heavy atom. The maximum atomic E-state index is 12.9.